The lowest BCUT2D eigenvalue weighted by atomic mass is 9.97. The Morgan fingerprint density at radius 2 is 1.85 bits per heavy atom. The second-order valence-electron chi connectivity index (χ2n) is 8.11. The Kier molecular flexibility index (Phi) is 9.44. The second-order valence-corrected chi connectivity index (χ2v) is 10.9. The normalized spacial score (nSPS) is 15.4. The van der Waals surface area contributed by atoms with Crippen molar-refractivity contribution >= 4 is 39.1 Å². The summed E-state index contributed by atoms with van der Waals surface area (Å²) in [4.78, 5) is 12.6. The monoisotopic (exact) mass is 512 g/mol. The molecule has 2 aromatic carbocycles. The van der Waals surface area contributed by atoms with Gasteiger partial charge in [0.2, 0.25) is 15.9 Å². The fourth-order valence-electron chi connectivity index (χ4n) is 3.97. The van der Waals surface area contributed by atoms with E-state index in [2.05, 4.69) is 5.32 Å². The number of sulfonamides is 1. The van der Waals surface area contributed by atoms with E-state index in [1.165, 1.54) is 4.31 Å². The average Bonchev–Trinajstić information content (AvgIpc) is 2.80. The summed E-state index contributed by atoms with van der Waals surface area (Å²) in [7, 11) is -3.49. The molecule has 0 bridgehead atoms. The zero-order valence-electron chi connectivity index (χ0n) is 18.7. The molecule has 0 unspecified atom stereocenters. The molecule has 180 valence electrons. The Hall–Kier alpha value is -1.80. The van der Waals surface area contributed by atoms with Gasteiger partial charge in [0.05, 0.1) is 22.4 Å². The van der Waals surface area contributed by atoms with Gasteiger partial charge in [-0.05, 0) is 61.9 Å². The van der Waals surface area contributed by atoms with E-state index in [-0.39, 0.29) is 17.6 Å². The number of benzene rings is 2. The van der Waals surface area contributed by atoms with E-state index in [9.17, 15) is 13.2 Å². The molecule has 0 aliphatic carbocycles. The molecule has 0 saturated carbocycles. The number of halogens is 2. The number of ether oxygens (including phenoxy) is 1. The topological polar surface area (TPSA) is 75.7 Å². The highest BCUT2D eigenvalue weighted by Crippen LogP contribution is 2.26. The Balaban J connectivity index is 1.42. The van der Waals surface area contributed by atoms with Crippen LogP contribution in [0.25, 0.3) is 0 Å². The van der Waals surface area contributed by atoms with Gasteiger partial charge in [-0.25, -0.2) is 12.7 Å². The zero-order valence-corrected chi connectivity index (χ0v) is 21.1. The number of carbonyl (C=O) groups is 1. The predicted octanol–water partition coefficient (Wildman–Crippen LogP) is 4.68. The Morgan fingerprint density at radius 1 is 1.12 bits per heavy atom. The second kappa shape index (κ2) is 12.1. The minimum atomic E-state index is -3.49. The van der Waals surface area contributed by atoms with E-state index in [0.29, 0.717) is 54.7 Å². The van der Waals surface area contributed by atoms with E-state index in [1.807, 2.05) is 31.2 Å². The van der Waals surface area contributed by atoms with Gasteiger partial charge in [0.1, 0.15) is 5.75 Å². The Bertz CT molecular complexity index is 1050. The summed E-state index contributed by atoms with van der Waals surface area (Å²) >= 11 is 11.9. The van der Waals surface area contributed by atoms with Crippen LogP contribution in [0.5, 0.6) is 5.75 Å². The van der Waals surface area contributed by atoms with Gasteiger partial charge >= 0.3 is 0 Å². The zero-order chi connectivity index (χ0) is 23.8. The minimum absolute atomic E-state index is 0.00498. The van der Waals surface area contributed by atoms with Gasteiger partial charge in [0.15, 0.2) is 0 Å². The molecule has 0 radical (unpaired) electrons. The van der Waals surface area contributed by atoms with Gasteiger partial charge in [-0.3, -0.25) is 4.79 Å². The van der Waals surface area contributed by atoms with Gasteiger partial charge in [0, 0.05) is 25.6 Å². The van der Waals surface area contributed by atoms with E-state index in [1.54, 1.807) is 18.2 Å². The van der Waals surface area contributed by atoms with Crippen LogP contribution in [0.15, 0.2) is 42.5 Å². The molecule has 0 aromatic heterocycles. The number of hydrogen-bond donors (Lipinski definition) is 1. The van der Waals surface area contributed by atoms with Crippen molar-refractivity contribution in [2.75, 3.05) is 26.2 Å². The van der Waals surface area contributed by atoms with Crippen molar-refractivity contribution in [3.05, 3.63) is 63.6 Å². The number of aryl methyl sites for hydroxylation is 1. The fourth-order valence-corrected chi connectivity index (χ4v) is 5.84. The van der Waals surface area contributed by atoms with Crippen molar-refractivity contribution in [2.45, 2.75) is 38.4 Å². The molecule has 1 amide bonds. The number of carbonyl (C=O) groups excluding carboxylic acids is 1. The standard InChI is InChI=1S/C24H30Cl2N2O4S/c1-2-32-23-8-4-3-6-19(23)7-5-13-27-24(29)20-11-14-28(15-12-20)33(30,31)17-18-9-10-21(25)22(26)16-18/h3-4,6,8-10,16,20H,2,5,7,11-15,17H2,1H3,(H,27,29). The van der Waals surface area contributed by atoms with Gasteiger partial charge < -0.3 is 10.1 Å². The van der Waals surface area contributed by atoms with Crippen molar-refractivity contribution in [1.82, 2.24) is 9.62 Å². The number of amides is 1. The lowest BCUT2D eigenvalue weighted by Gasteiger charge is -2.30. The first-order chi connectivity index (χ1) is 15.8. The number of piperidine rings is 1. The summed E-state index contributed by atoms with van der Waals surface area (Å²) in [5.41, 5.74) is 1.73. The van der Waals surface area contributed by atoms with Gasteiger partial charge in [-0.15, -0.1) is 0 Å². The first-order valence-electron chi connectivity index (χ1n) is 11.2. The maximum absolute atomic E-state index is 12.8. The van der Waals surface area contributed by atoms with E-state index in [4.69, 9.17) is 27.9 Å². The molecule has 2 aromatic rings. The number of nitrogens with one attached hydrogen (secondary N) is 1. The number of nitrogens with zero attached hydrogens (tertiary/aromatic N) is 1. The van der Waals surface area contributed by atoms with E-state index >= 15 is 0 Å². The van der Waals surface area contributed by atoms with Crippen LogP contribution in [-0.4, -0.2) is 44.9 Å². The highest BCUT2D eigenvalue weighted by Gasteiger charge is 2.31. The molecule has 1 aliphatic rings. The maximum atomic E-state index is 12.8. The molecule has 1 heterocycles. The lowest BCUT2D eigenvalue weighted by Crippen LogP contribution is -2.43. The van der Waals surface area contributed by atoms with Crippen LogP contribution in [-0.2, 0) is 27.0 Å². The van der Waals surface area contributed by atoms with Crippen molar-refractivity contribution in [3.63, 3.8) is 0 Å². The largest absolute Gasteiger partial charge is 0.494 e. The quantitative estimate of drug-likeness (QED) is 0.468. The van der Waals surface area contributed by atoms with Gasteiger partial charge in [0.25, 0.3) is 0 Å². The molecule has 0 spiro atoms. The lowest BCUT2D eigenvalue weighted by molar-refractivity contribution is -0.126. The molecule has 0 atom stereocenters. The van der Waals surface area contributed by atoms with Crippen LogP contribution < -0.4 is 10.1 Å². The highest BCUT2D eigenvalue weighted by molar-refractivity contribution is 7.88. The molecule has 33 heavy (non-hydrogen) atoms. The third-order valence-corrected chi connectivity index (χ3v) is 8.33. The molecular formula is C24H30Cl2N2O4S. The smallest absolute Gasteiger partial charge is 0.223 e. The third kappa shape index (κ3) is 7.34. The van der Waals surface area contributed by atoms with Crippen LogP contribution in [0.3, 0.4) is 0 Å². The van der Waals surface area contributed by atoms with E-state index < -0.39 is 10.0 Å². The SMILES string of the molecule is CCOc1ccccc1CCCNC(=O)C1CCN(S(=O)(=O)Cc2ccc(Cl)c(Cl)c2)CC1. The Labute approximate surface area is 206 Å². The predicted molar refractivity (Wildman–Crippen MR) is 132 cm³/mol. The molecule has 1 saturated heterocycles. The molecule has 9 heteroatoms. The minimum Gasteiger partial charge on any atom is -0.494 e. The van der Waals surface area contributed by atoms with E-state index in [0.717, 1.165) is 24.2 Å². The van der Waals surface area contributed by atoms with Crippen molar-refractivity contribution in [1.29, 1.82) is 0 Å². The molecule has 1 fully saturated rings. The molecular weight excluding hydrogens is 483 g/mol. The van der Waals surface area contributed by atoms with Crippen LogP contribution in [0.2, 0.25) is 10.0 Å². The van der Waals surface area contributed by atoms with Crippen LogP contribution >= 0.6 is 23.2 Å². The summed E-state index contributed by atoms with van der Waals surface area (Å²) in [6.07, 6.45) is 2.66. The third-order valence-electron chi connectivity index (χ3n) is 5.75. The first kappa shape index (κ1) is 25.8. The molecule has 6 nitrogen and oxygen atoms in total. The fraction of sp³-hybridized carbons (Fsp3) is 0.458. The van der Waals surface area contributed by atoms with Crippen LogP contribution in [0.1, 0.15) is 37.3 Å². The first-order valence-corrected chi connectivity index (χ1v) is 13.6. The van der Waals surface area contributed by atoms with Crippen LogP contribution in [0, 0.1) is 5.92 Å². The van der Waals surface area contributed by atoms with Crippen molar-refractivity contribution in [2.24, 2.45) is 5.92 Å². The highest BCUT2D eigenvalue weighted by atomic mass is 35.5. The van der Waals surface area contributed by atoms with Gasteiger partial charge in [-0.2, -0.15) is 0 Å². The van der Waals surface area contributed by atoms with Crippen molar-refractivity contribution < 1.29 is 17.9 Å². The molecule has 1 N–H and O–H groups in total. The number of para-hydroxylation sites is 1. The number of hydrogen-bond acceptors (Lipinski definition) is 4. The van der Waals surface area contributed by atoms with Gasteiger partial charge in [-0.1, -0.05) is 47.5 Å². The summed E-state index contributed by atoms with van der Waals surface area (Å²) < 4.78 is 32.7. The molecule has 1 aliphatic heterocycles. The summed E-state index contributed by atoms with van der Waals surface area (Å²) in [5, 5.41) is 3.73. The van der Waals surface area contributed by atoms with Crippen molar-refractivity contribution in [3.8, 4) is 5.75 Å². The van der Waals surface area contributed by atoms with Crippen LogP contribution in [0.4, 0.5) is 0 Å². The summed E-state index contributed by atoms with van der Waals surface area (Å²) in [5.74, 6) is 0.580. The average molecular weight is 513 g/mol. The summed E-state index contributed by atoms with van der Waals surface area (Å²) in [6.45, 7) is 3.83. The molecule has 3 rings (SSSR count). The maximum Gasteiger partial charge on any atom is 0.223 e. The Morgan fingerprint density at radius 3 is 2.55 bits per heavy atom. The summed E-state index contributed by atoms with van der Waals surface area (Å²) in [6, 6.07) is 12.8. The number of rotatable bonds is 10.